The fourth-order valence-corrected chi connectivity index (χ4v) is 3.22. The summed E-state index contributed by atoms with van der Waals surface area (Å²) in [5.74, 6) is 1.65. The van der Waals surface area contributed by atoms with Gasteiger partial charge in [-0.15, -0.1) is 0 Å². The summed E-state index contributed by atoms with van der Waals surface area (Å²) < 4.78 is 0. The van der Waals surface area contributed by atoms with Crippen LogP contribution in [0.5, 0.6) is 0 Å². The van der Waals surface area contributed by atoms with Crippen LogP contribution in [0.1, 0.15) is 40.0 Å². The number of allylic oxidation sites excluding steroid dienone is 2. The van der Waals surface area contributed by atoms with Gasteiger partial charge in [-0.05, 0) is 38.0 Å². The van der Waals surface area contributed by atoms with E-state index in [4.69, 9.17) is 0 Å². The lowest BCUT2D eigenvalue weighted by atomic mass is 9.91. The van der Waals surface area contributed by atoms with Crippen molar-refractivity contribution in [1.82, 2.24) is 10.2 Å². The van der Waals surface area contributed by atoms with Crippen LogP contribution < -0.4 is 5.32 Å². The third-order valence-electron chi connectivity index (χ3n) is 4.29. The van der Waals surface area contributed by atoms with E-state index in [9.17, 15) is 0 Å². The summed E-state index contributed by atoms with van der Waals surface area (Å²) in [7, 11) is 0. The maximum atomic E-state index is 3.62. The van der Waals surface area contributed by atoms with Crippen LogP contribution in [-0.4, -0.2) is 36.6 Å². The van der Waals surface area contributed by atoms with Crippen molar-refractivity contribution in [3.05, 3.63) is 12.2 Å². The fraction of sp³-hybridized carbons (Fsp3) is 0.867. The van der Waals surface area contributed by atoms with Crippen LogP contribution in [0.15, 0.2) is 12.2 Å². The second kappa shape index (κ2) is 6.01. The van der Waals surface area contributed by atoms with Gasteiger partial charge in [0.1, 0.15) is 0 Å². The van der Waals surface area contributed by atoms with Gasteiger partial charge in [-0.25, -0.2) is 0 Å². The largest absolute Gasteiger partial charge is 0.311 e. The molecule has 1 aliphatic carbocycles. The lowest BCUT2D eigenvalue weighted by molar-refractivity contribution is 0.0835. The van der Waals surface area contributed by atoms with Gasteiger partial charge in [-0.2, -0.15) is 0 Å². The van der Waals surface area contributed by atoms with Gasteiger partial charge in [0, 0.05) is 31.7 Å². The van der Waals surface area contributed by atoms with Crippen molar-refractivity contribution in [2.75, 3.05) is 19.6 Å². The van der Waals surface area contributed by atoms with Crippen LogP contribution in [0.4, 0.5) is 0 Å². The van der Waals surface area contributed by atoms with E-state index < -0.39 is 0 Å². The van der Waals surface area contributed by atoms with Gasteiger partial charge in [0.05, 0.1) is 0 Å². The van der Waals surface area contributed by atoms with E-state index in [0.717, 1.165) is 17.9 Å². The molecule has 1 N–H and O–H groups in total. The Labute approximate surface area is 106 Å². The van der Waals surface area contributed by atoms with Crippen LogP contribution in [0.2, 0.25) is 0 Å². The minimum atomic E-state index is 0.657. The second-order valence-electron chi connectivity index (χ2n) is 6.23. The highest BCUT2D eigenvalue weighted by Crippen LogP contribution is 2.23. The van der Waals surface area contributed by atoms with E-state index in [0.29, 0.717) is 6.04 Å². The summed E-state index contributed by atoms with van der Waals surface area (Å²) in [6, 6.07) is 1.39. The lowest BCUT2D eigenvalue weighted by Crippen LogP contribution is -2.58. The maximum absolute atomic E-state index is 3.62. The Hall–Kier alpha value is -0.340. The van der Waals surface area contributed by atoms with Crippen molar-refractivity contribution < 1.29 is 0 Å². The predicted octanol–water partition coefficient (Wildman–Crippen LogP) is 2.66. The third-order valence-corrected chi connectivity index (χ3v) is 4.29. The number of hydrogen-bond donors (Lipinski definition) is 1. The molecule has 1 fully saturated rings. The molecule has 17 heavy (non-hydrogen) atoms. The average molecular weight is 236 g/mol. The molecule has 1 saturated heterocycles. The first-order valence-electron chi connectivity index (χ1n) is 7.29. The zero-order valence-corrected chi connectivity index (χ0v) is 11.7. The molecule has 2 nitrogen and oxygen atoms in total. The standard InChI is InChI=1S/C15H28N2/c1-12(2)15-9-16-13(3)10-17(15)11-14-7-5-4-6-8-14/h4-5,12-16H,6-11H2,1-3H3. The van der Waals surface area contributed by atoms with E-state index in [1.807, 2.05) is 0 Å². The average Bonchev–Trinajstić information content (AvgIpc) is 2.30. The summed E-state index contributed by atoms with van der Waals surface area (Å²) in [6.07, 6.45) is 8.70. The van der Waals surface area contributed by atoms with Crippen molar-refractivity contribution in [3.63, 3.8) is 0 Å². The van der Waals surface area contributed by atoms with Crippen LogP contribution in [0, 0.1) is 11.8 Å². The summed E-state index contributed by atoms with van der Waals surface area (Å²) in [5.41, 5.74) is 0. The molecule has 0 spiro atoms. The predicted molar refractivity (Wildman–Crippen MR) is 74.1 cm³/mol. The highest BCUT2D eigenvalue weighted by atomic mass is 15.2. The van der Waals surface area contributed by atoms with Crippen molar-refractivity contribution >= 4 is 0 Å². The minimum absolute atomic E-state index is 0.657. The topological polar surface area (TPSA) is 15.3 Å². The first-order valence-corrected chi connectivity index (χ1v) is 7.29. The second-order valence-corrected chi connectivity index (χ2v) is 6.23. The fourth-order valence-electron chi connectivity index (χ4n) is 3.22. The van der Waals surface area contributed by atoms with Crippen LogP contribution in [0.3, 0.4) is 0 Å². The summed E-state index contributed by atoms with van der Waals surface area (Å²) in [5, 5.41) is 3.62. The first-order chi connectivity index (χ1) is 8.16. The molecule has 0 bridgehead atoms. The van der Waals surface area contributed by atoms with E-state index in [1.54, 1.807) is 0 Å². The van der Waals surface area contributed by atoms with E-state index >= 15 is 0 Å². The van der Waals surface area contributed by atoms with Crippen molar-refractivity contribution in [2.45, 2.75) is 52.1 Å². The SMILES string of the molecule is CC1CN(CC2CC=CCC2)C(C(C)C)CN1. The molecule has 1 heterocycles. The van der Waals surface area contributed by atoms with Crippen LogP contribution in [0.25, 0.3) is 0 Å². The zero-order chi connectivity index (χ0) is 12.3. The molecular formula is C15H28N2. The Morgan fingerprint density at radius 3 is 2.82 bits per heavy atom. The van der Waals surface area contributed by atoms with Gasteiger partial charge in [0.2, 0.25) is 0 Å². The quantitative estimate of drug-likeness (QED) is 0.758. The normalized spacial score (nSPS) is 35.4. The zero-order valence-electron chi connectivity index (χ0n) is 11.7. The van der Waals surface area contributed by atoms with Gasteiger partial charge in [-0.1, -0.05) is 26.0 Å². The third kappa shape index (κ3) is 3.56. The molecule has 0 amide bonds. The summed E-state index contributed by atoms with van der Waals surface area (Å²) >= 11 is 0. The Kier molecular flexibility index (Phi) is 4.63. The molecular weight excluding hydrogens is 208 g/mol. The molecule has 0 aromatic carbocycles. The number of hydrogen-bond acceptors (Lipinski definition) is 2. The molecule has 0 aromatic heterocycles. The molecule has 0 aromatic rings. The highest BCUT2D eigenvalue weighted by molar-refractivity contribution is 4.93. The van der Waals surface area contributed by atoms with Crippen LogP contribution in [-0.2, 0) is 0 Å². The molecule has 1 aliphatic heterocycles. The molecule has 2 rings (SSSR count). The van der Waals surface area contributed by atoms with Gasteiger partial charge in [-0.3, -0.25) is 4.90 Å². The molecule has 3 unspecified atom stereocenters. The highest BCUT2D eigenvalue weighted by Gasteiger charge is 2.29. The molecule has 98 valence electrons. The number of nitrogens with one attached hydrogen (secondary N) is 1. The Morgan fingerprint density at radius 2 is 2.18 bits per heavy atom. The molecule has 0 saturated carbocycles. The maximum Gasteiger partial charge on any atom is 0.0244 e. The number of piperazine rings is 1. The van der Waals surface area contributed by atoms with Crippen molar-refractivity contribution in [3.8, 4) is 0 Å². The lowest BCUT2D eigenvalue weighted by Gasteiger charge is -2.43. The Balaban J connectivity index is 1.92. The Morgan fingerprint density at radius 1 is 1.35 bits per heavy atom. The summed E-state index contributed by atoms with van der Waals surface area (Å²) in [6.45, 7) is 10.7. The van der Waals surface area contributed by atoms with Gasteiger partial charge >= 0.3 is 0 Å². The first kappa shape index (κ1) is 13.1. The number of rotatable bonds is 3. The van der Waals surface area contributed by atoms with Crippen LogP contribution >= 0.6 is 0 Å². The molecule has 2 heteroatoms. The molecule has 3 atom stereocenters. The van der Waals surface area contributed by atoms with E-state index in [1.165, 1.54) is 38.9 Å². The summed E-state index contributed by atoms with van der Waals surface area (Å²) in [4.78, 5) is 2.75. The minimum Gasteiger partial charge on any atom is -0.311 e. The van der Waals surface area contributed by atoms with Crippen molar-refractivity contribution in [2.24, 2.45) is 11.8 Å². The van der Waals surface area contributed by atoms with Gasteiger partial charge in [0.15, 0.2) is 0 Å². The monoisotopic (exact) mass is 236 g/mol. The van der Waals surface area contributed by atoms with E-state index in [-0.39, 0.29) is 0 Å². The molecule has 2 aliphatic rings. The number of nitrogens with zero attached hydrogens (tertiary/aromatic N) is 1. The smallest absolute Gasteiger partial charge is 0.0244 e. The van der Waals surface area contributed by atoms with Crippen molar-refractivity contribution in [1.29, 1.82) is 0 Å². The molecule has 0 radical (unpaired) electrons. The van der Waals surface area contributed by atoms with E-state index in [2.05, 4.69) is 43.1 Å². The van der Waals surface area contributed by atoms with Gasteiger partial charge in [0.25, 0.3) is 0 Å². The Bertz CT molecular complexity index is 260. The van der Waals surface area contributed by atoms with Gasteiger partial charge < -0.3 is 5.32 Å².